The highest BCUT2D eigenvalue weighted by Crippen LogP contribution is 2.06. The van der Waals surface area contributed by atoms with Gasteiger partial charge in [-0.25, -0.2) is 0 Å². The Hall–Kier alpha value is -0.480. The number of hydrogen-bond acceptors (Lipinski definition) is 1. The van der Waals surface area contributed by atoms with Crippen LogP contribution in [0.15, 0.2) is 0 Å². The largest absolute Gasteiger partial charge is 0.303 e. The van der Waals surface area contributed by atoms with Gasteiger partial charge in [0.25, 0.3) is 0 Å². The maximum atomic E-state index is 5.19. The maximum absolute atomic E-state index is 5.19. The molecule has 0 aliphatic heterocycles. The summed E-state index contributed by atoms with van der Waals surface area (Å²) in [5.41, 5.74) is 0. The molecule has 0 aromatic carbocycles. The highest BCUT2D eigenvalue weighted by Gasteiger charge is 2.08. The number of hydrogen-bond donors (Lipinski definition) is 0. The van der Waals surface area contributed by atoms with Crippen molar-refractivity contribution in [3.05, 3.63) is 0 Å². The van der Waals surface area contributed by atoms with Crippen LogP contribution >= 0.6 is 0 Å². The van der Waals surface area contributed by atoms with Crippen molar-refractivity contribution >= 4 is 0 Å². The van der Waals surface area contributed by atoms with E-state index < -0.39 is 0 Å². The van der Waals surface area contributed by atoms with E-state index in [9.17, 15) is 0 Å². The molecule has 0 aromatic rings. The van der Waals surface area contributed by atoms with Gasteiger partial charge in [0.2, 0.25) is 0 Å². The van der Waals surface area contributed by atoms with Gasteiger partial charge in [0.1, 0.15) is 0 Å². The lowest BCUT2D eigenvalue weighted by atomic mass is 10.1. The molecule has 0 aliphatic carbocycles. The number of unbranched alkanes of at least 4 members (excludes halogenated alkanes) is 1. The summed E-state index contributed by atoms with van der Waals surface area (Å²) in [6.45, 7) is 5.62. The van der Waals surface area contributed by atoms with Crippen LogP contribution in [-0.2, 0) is 0 Å². The lowest BCUT2D eigenvalue weighted by Gasteiger charge is -2.25. The average Bonchev–Trinajstić information content (AvgIpc) is 2.07. The van der Waals surface area contributed by atoms with E-state index in [0.717, 1.165) is 25.4 Å². The van der Waals surface area contributed by atoms with Crippen LogP contribution in [0.3, 0.4) is 0 Å². The lowest BCUT2D eigenvalue weighted by molar-refractivity contribution is 0.228. The van der Waals surface area contributed by atoms with Crippen LogP contribution in [0.5, 0.6) is 0 Å². The van der Waals surface area contributed by atoms with Crippen LogP contribution in [0.4, 0.5) is 0 Å². The molecule has 0 spiro atoms. The Kier molecular flexibility index (Phi) is 6.90. The first kappa shape index (κ1) is 11.5. The molecule has 0 bridgehead atoms. The van der Waals surface area contributed by atoms with Gasteiger partial charge in [-0.05, 0) is 32.9 Å². The van der Waals surface area contributed by atoms with Gasteiger partial charge in [-0.1, -0.05) is 13.8 Å². The maximum Gasteiger partial charge on any atom is 0.00982 e. The molecule has 0 radical (unpaired) electrons. The van der Waals surface area contributed by atoms with Crippen molar-refractivity contribution in [3.63, 3.8) is 0 Å². The Labute approximate surface area is 77.1 Å². The minimum atomic E-state index is 0.739. The van der Waals surface area contributed by atoms with Crippen LogP contribution in [0.2, 0.25) is 0 Å². The van der Waals surface area contributed by atoms with Crippen molar-refractivity contribution in [2.45, 2.75) is 45.6 Å². The topological polar surface area (TPSA) is 3.24 Å². The van der Waals surface area contributed by atoms with E-state index in [-0.39, 0.29) is 0 Å². The number of nitrogens with zero attached hydrogens (tertiary/aromatic N) is 1. The van der Waals surface area contributed by atoms with E-state index in [1.807, 2.05) is 0 Å². The van der Waals surface area contributed by atoms with Gasteiger partial charge < -0.3 is 4.90 Å². The van der Waals surface area contributed by atoms with Crippen LogP contribution < -0.4 is 0 Å². The average molecular weight is 167 g/mol. The summed E-state index contributed by atoms with van der Waals surface area (Å²) in [5.74, 6) is 2.67. The molecule has 0 aliphatic rings. The first-order valence-electron chi connectivity index (χ1n) is 4.89. The molecular weight excluding hydrogens is 146 g/mol. The third kappa shape index (κ3) is 4.41. The summed E-state index contributed by atoms with van der Waals surface area (Å²) in [6.07, 6.45) is 9.70. The SMILES string of the molecule is C#CCCCN(C)C(CC)CC. The summed E-state index contributed by atoms with van der Waals surface area (Å²) in [7, 11) is 2.19. The first-order chi connectivity index (χ1) is 5.76. The summed E-state index contributed by atoms with van der Waals surface area (Å²) >= 11 is 0. The minimum Gasteiger partial charge on any atom is -0.303 e. The van der Waals surface area contributed by atoms with Gasteiger partial charge in [-0.15, -0.1) is 12.3 Å². The molecule has 0 N–H and O–H groups in total. The predicted octanol–water partition coefficient (Wildman–Crippen LogP) is 2.52. The molecule has 0 atom stereocenters. The Morgan fingerprint density at radius 1 is 1.33 bits per heavy atom. The molecule has 0 unspecified atom stereocenters. The molecule has 0 aromatic heterocycles. The second kappa shape index (κ2) is 7.18. The van der Waals surface area contributed by atoms with E-state index >= 15 is 0 Å². The minimum absolute atomic E-state index is 0.739. The van der Waals surface area contributed by atoms with Crippen molar-refractivity contribution in [1.82, 2.24) is 4.90 Å². The van der Waals surface area contributed by atoms with E-state index in [4.69, 9.17) is 6.42 Å². The second-order valence-corrected chi connectivity index (χ2v) is 3.26. The first-order valence-corrected chi connectivity index (χ1v) is 4.89. The van der Waals surface area contributed by atoms with Crippen LogP contribution in [-0.4, -0.2) is 24.5 Å². The van der Waals surface area contributed by atoms with Crippen molar-refractivity contribution in [2.75, 3.05) is 13.6 Å². The van der Waals surface area contributed by atoms with E-state index in [0.29, 0.717) is 0 Å². The molecule has 0 rings (SSSR count). The van der Waals surface area contributed by atoms with Crippen molar-refractivity contribution in [3.8, 4) is 12.3 Å². The normalized spacial score (nSPS) is 10.7. The van der Waals surface area contributed by atoms with E-state index in [1.165, 1.54) is 12.8 Å². The van der Waals surface area contributed by atoms with Crippen LogP contribution in [0, 0.1) is 12.3 Å². The predicted molar refractivity (Wildman–Crippen MR) is 55.1 cm³/mol. The Balaban J connectivity index is 3.55. The fourth-order valence-electron chi connectivity index (χ4n) is 1.53. The van der Waals surface area contributed by atoms with Gasteiger partial charge in [0.05, 0.1) is 0 Å². The molecule has 70 valence electrons. The van der Waals surface area contributed by atoms with Gasteiger partial charge >= 0.3 is 0 Å². The van der Waals surface area contributed by atoms with Crippen molar-refractivity contribution in [1.29, 1.82) is 0 Å². The van der Waals surface area contributed by atoms with Crippen LogP contribution in [0.25, 0.3) is 0 Å². The Morgan fingerprint density at radius 2 is 1.92 bits per heavy atom. The summed E-state index contributed by atoms with van der Waals surface area (Å²) in [4.78, 5) is 2.41. The third-order valence-corrected chi connectivity index (χ3v) is 2.40. The van der Waals surface area contributed by atoms with E-state index in [1.54, 1.807) is 0 Å². The summed E-state index contributed by atoms with van der Waals surface area (Å²) < 4.78 is 0. The standard InChI is InChI=1S/C11H21N/c1-5-8-9-10-12(4)11(6-2)7-3/h1,11H,6-10H2,2-4H3. The van der Waals surface area contributed by atoms with Gasteiger partial charge in [-0.2, -0.15) is 0 Å². The zero-order chi connectivity index (χ0) is 9.40. The van der Waals surface area contributed by atoms with Gasteiger partial charge in [-0.3, -0.25) is 0 Å². The molecular formula is C11H21N. The second-order valence-electron chi connectivity index (χ2n) is 3.26. The lowest BCUT2D eigenvalue weighted by Crippen LogP contribution is -2.31. The molecule has 1 heteroatoms. The summed E-state index contributed by atoms with van der Waals surface area (Å²) in [6, 6.07) is 0.739. The molecule has 0 heterocycles. The molecule has 0 amide bonds. The Bertz CT molecular complexity index is 130. The number of rotatable bonds is 6. The quantitative estimate of drug-likeness (QED) is 0.434. The summed E-state index contributed by atoms with van der Waals surface area (Å²) in [5, 5.41) is 0. The fraction of sp³-hybridized carbons (Fsp3) is 0.818. The molecule has 1 nitrogen and oxygen atoms in total. The fourth-order valence-corrected chi connectivity index (χ4v) is 1.53. The molecule has 0 saturated carbocycles. The Morgan fingerprint density at radius 3 is 2.33 bits per heavy atom. The smallest absolute Gasteiger partial charge is 0.00982 e. The zero-order valence-electron chi connectivity index (χ0n) is 8.64. The van der Waals surface area contributed by atoms with E-state index in [2.05, 4.69) is 31.7 Å². The molecule has 12 heavy (non-hydrogen) atoms. The highest BCUT2D eigenvalue weighted by atomic mass is 15.1. The van der Waals surface area contributed by atoms with Gasteiger partial charge in [0.15, 0.2) is 0 Å². The highest BCUT2D eigenvalue weighted by molar-refractivity contribution is 4.83. The van der Waals surface area contributed by atoms with Crippen molar-refractivity contribution in [2.24, 2.45) is 0 Å². The molecule has 0 fully saturated rings. The number of terminal acetylenes is 1. The van der Waals surface area contributed by atoms with Gasteiger partial charge in [0, 0.05) is 12.5 Å². The third-order valence-electron chi connectivity index (χ3n) is 2.40. The zero-order valence-corrected chi connectivity index (χ0v) is 8.64. The van der Waals surface area contributed by atoms with Crippen LogP contribution in [0.1, 0.15) is 39.5 Å². The molecule has 0 saturated heterocycles. The van der Waals surface area contributed by atoms with Crippen molar-refractivity contribution < 1.29 is 0 Å². The monoisotopic (exact) mass is 167 g/mol.